The zero-order valence-corrected chi connectivity index (χ0v) is 16.8. The van der Waals surface area contributed by atoms with Crippen LogP contribution in [0.3, 0.4) is 0 Å². The predicted molar refractivity (Wildman–Crippen MR) is 105 cm³/mol. The summed E-state index contributed by atoms with van der Waals surface area (Å²) in [6.45, 7) is -0.716. The SMILES string of the molecule is O=C(Cn1nc(-c2ccc3c(c2)OCO3)ccc1=O)Nc1cc(C(F)(F)F)cc(C(F)(F)F)c1. The van der Waals surface area contributed by atoms with Crippen LogP contribution in [-0.4, -0.2) is 22.5 Å². The molecule has 0 saturated heterocycles. The Morgan fingerprint density at radius 1 is 0.912 bits per heavy atom. The first kappa shape index (κ1) is 23.1. The third-order valence-corrected chi connectivity index (χ3v) is 4.70. The van der Waals surface area contributed by atoms with E-state index in [9.17, 15) is 35.9 Å². The third kappa shape index (κ3) is 4.97. The number of aromatic nitrogens is 2. The maximum Gasteiger partial charge on any atom is 0.416 e. The summed E-state index contributed by atoms with van der Waals surface area (Å²) in [6.07, 6.45) is -10.1. The molecule has 34 heavy (non-hydrogen) atoms. The Morgan fingerprint density at radius 3 is 2.21 bits per heavy atom. The van der Waals surface area contributed by atoms with Crippen LogP contribution in [0.25, 0.3) is 11.3 Å². The molecule has 1 N–H and O–H groups in total. The van der Waals surface area contributed by atoms with Crippen molar-refractivity contribution in [3.8, 4) is 22.8 Å². The number of rotatable bonds is 4. The number of nitrogens with one attached hydrogen (secondary N) is 1. The lowest BCUT2D eigenvalue weighted by molar-refractivity contribution is -0.143. The molecule has 1 amide bonds. The van der Waals surface area contributed by atoms with Gasteiger partial charge in [0.1, 0.15) is 6.54 Å². The Labute approximate surface area is 186 Å². The van der Waals surface area contributed by atoms with E-state index < -0.39 is 47.2 Å². The largest absolute Gasteiger partial charge is 0.454 e. The molecule has 0 spiro atoms. The zero-order valence-electron chi connectivity index (χ0n) is 16.8. The van der Waals surface area contributed by atoms with Gasteiger partial charge in [0, 0.05) is 17.3 Å². The molecule has 7 nitrogen and oxygen atoms in total. The summed E-state index contributed by atoms with van der Waals surface area (Å²) < 4.78 is 89.3. The Balaban J connectivity index is 1.58. The summed E-state index contributed by atoms with van der Waals surface area (Å²) in [7, 11) is 0. The molecule has 2 aromatic carbocycles. The summed E-state index contributed by atoms with van der Waals surface area (Å²) in [5, 5.41) is 6.01. The number of anilines is 1. The predicted octanol–water partition coefficient (Wildman–Crippen LogP) is 4.32. The van der Waals surface area contributed by atoms with Crippen LogP contribution in [0, 0.1) is 0 Å². The fourth-order valence-electron chi connectivity index (χ4n) is 3.14. The fraction of sp³-hybridized carbons (Fsp3) is 0.190. The molecule has 0 unspecified atom stereocenters. The van der Waals surface area contributed by atoms with E-state index >= 15 is 0 Å². The number of benzene rings is 2. The molecule has 1 aromatic heterocycles. The monoisotopic (exact) mass is 485 g/mol. The quantitative estimate of drug-likeness (QED) is 0.557. The van der Waals surface area contributed by atoms with Crippen LogP contribution in [0.1, 0.15) is 11.1 Å². The summed E-state index contributed by atoms with van der Waals surface area (Å²) in [4.78, 5) is 24.5. The number of hydrogen-bond acceptors (Lipinski definition) is 5. The minimum absolute atomic E-state index is 0.0392. The summed E-state index contributed by atoms with van der Waals surface area (Å²) >= 11 is 0. The highest BCUT2D eigenvalue weighted by atomic mass is 19.4. The molecule has 178 valence electrons. The first-order valence-corrected chi connectivity index (χ1v) is 9.48. The molecular weight excluding hydrogens is 472 g/mol. The summed E-state index contributed by atoms with van der Waals surface area (Å²) in [5.41, 5.74) is -3.82. The zero-order chi connectivity index (χ0) is 24.7. The van der Waals surface area contributed by atoms with Crippen LogP contribution < -0.4 is 20.3 Å². The van der Waals surface area contributed by atoms with Crippen molar-refractivity contribution in [2.75, 3.05) is 12.1 Å². The molecule has 0 saturated carbocycles. The minimum atomic E-state index is -5.07. The Kier molecular flexibility index (Phi) is 5.71. The van der Waals surface area contributed by atoms with E-state index in [4.69, 9.17) is 9.47 Å². The molecule has 0 fully saturated rings. The van der Waals surface area contributed by atoms with E-state index in [0.717, 1.165) is 10.7 Å². The summed E-state index contributed by atoms with van der Waals surface area (Å²) in [5.74, 6) is -0.0968. The number of carbonyl (C=O) groups excluding carboxylic acids is 1. The van der Waals surface area contributed by atoms with Crippen molar-refractivity contribution in [3.05, 3.63) is 70.0 Å². The molecule has 3 aromatic rings. The van der Waals surface area contributed by atoms with E-state index in [1.807, 2.05) is 5.32 Å². The van der Waals surface area contributed by atoms with Gasteiger partial charge in [-0.15, -0.1) is 0 Å². The molecule has 0 bridgehead atoms. The van der Waals surface area contributed by atoms with Gasteiger partial charge < -0.3 is 14.8 Å². The molecule has 0 aliphatic carbocycles. The number of amides is 1. The molecule has 1 aliphatic heterocycles. The highest BCUT2D eigenvalue weighted by molar-refractivity contribution is 5.90. The lowest BCUT2D eigenvalue weighted by Gasteiger charge is -2.15. The van der Waals surface area contributed by atoms with Gasteiger partial charge >= 0.3 is 12.4 Å². The molecule has 1 aliphatic rings. The van der Waals surface area contributed by atoms with Crippen molar-refractivity contribution in [2.45, 2.75) is 18.9 Å². The van der Waals surface area contributed by atoms with Crippen LogP contribution >= 0.6 is 0 Å². The van der Waals surface area contributed by atoms with Gasteiger partial charge in [0.05, 0.1) is 16.8 Å². The van der Waals surface area contributed by atoms with Crippen LogP contribution in [0.15, 0.2) is 53.3 Å². The first-order valence-electron chi connectivity index (χ1n) is 9.48. The first-order chi connectivity index (χ1) is 15.9. The second kappa shape index (κ2) is 8.39. The van der Waals surface area contributed by atoms with Gasteiger partial charge in [0.15, 0.2) is 11.5 Å². The number of halogens is 6. The minimum Gasteiger partial charge on any atom is -0.454 e. The van der Waals surface area contributed by atoms with E-state index in [2.05, 4.69) is 5.10 Å². The number of fused-ring (bicyclic) bond motifs is 1. The standard InChI is InChI=1S/C21H13F6N3O4/c22-20(23,24)12-6-13(21(25,26)27)8-14(7-12)28-18(31)9-30-19(32)4-2-15(29-30)11-1-3-16-17(5-11)34-10-33-16/h1-8H,9-10H2,(H,28,31). The average molecular weight is 485 g/mol. The highest BCUT2D eigenvalue weighted by Gasteiger charge is 2.37. The van der Waals surface area contributed by atoms with Gasteiger partial charge in [-0.1, -0.05) is 0 Å². The molecular formula is C21H13F6N3O4. The second-order valence-electron chi connectivity index (χ2n) is 7.13. The Bertz CT molecular complexity index is 1280. The van der Waals surface area contributed by atoms with Crippen molar-refractivity contribution >= 4 is 11.6 Å². The smallest absolute Gasteiger partial charge is 0.416 e. The number of hydrogen-bond donors (Lipinski definition) is 1. The van der Waals surface area contributed by atoms with E-state index in [1.165, 1.54) is 6.07 Å². The van der Waals surface area contributed by atoms with Gasteiger partial charge in [-0.25, -0.2) is 4.68 Å². The number of nitrogens with zero attached hydrogens (tertiary/aromatic N) is 2. The molecule has 13 heteroatoms. The molecule has 0 atom stereocenters. The molecule has 2 heterocycles. The van der Waals surface area contributed by atoms with Gasteiger partial charge in [-0.2, -0.15) is 31.4 Å². The van der Waals surface area contributed by atoms with Crippen molar-refractivity contribution in [3.63, 3.8) is 0 Å². The van der Waals surface area contributed by atoms with Gasteiger partial charge in [0.25, 0.3) is 5.56 Å². The number of alkyl halides is 6. The van der Waals surface area contributed by atoms with E-state index in [1.54, 1.807) is 18.2 Å². The fourth-order valence-corrected chi connectivity index (χ4v) is 3.14. The number of carbonyl (C=O) groups is 1. The van der Waals surface area contributed by atoms with Crippen molar-refractivity contribution in [2.24, 2.45) is 0 Å². The van der Waals surface area contributed by atoms with Crippen molar-refractivity contribution in [1.82, 2.24) is 9.78 Å². The normalized spacial score (nSPS) is 13.1. The van der Waals surface area contributed by atoms with Crippen LogP contribution in [0.2, 0.25) is 0 Å². The average Bonchev–Trinajstić information content (AvgIpc) is 3.21. The van der Waals surface area contributed by atoms with E-state index in [0.29, 0.717) is 29.2 Å². The Hall–Kier alpha value is -4.03. The molecule has 4 rings (SSSR count). The van der Waals surface area contributed by atoms with Crippen molar-refractivity contribution < 1.29 is 40.6 Å². The van der Waals surface area contributed by atoms with Crippen LogP contribution in [0.4, 0.5) is 32.0 Å². The van der Waals surface area contributed by atoms with Crippen LogP contribution in [-0.2, 0) is 23.7 Å². The lowest BCUT2D eigenvalue weighted by atomic mass is 10.1. The second-order valence-corrected chi connectivity index (χ2v) is 7.13. The number of ether oxygens (including phenoxy) is 2. The van der Waals surface area contributed by atoms with Crippen LogP contribution in [0.5, 0.6) is 11.5 Å². The van der Waals surface area contributed by atoms with Gasteiger partial charge in [-0.05, 0) is 42.5 Å². The van der Waals surface area contributed by atoms with Crippen molar-refractivity contribution in [1.29, 1.82) is 0 Å². The maximum atomic E-state index is 13.0. The molecule has 0 radical (unpaired) electrons. The third-order valence-electron chi connectivity index (χ3n) is 4.70. The topological polar surface area (TPSA) is 82.5 Å². The summed E-state index contributed by atoms with van der Waals surface area (Å²) in [6, 6.07) is 8.03. The Morgan fingerprint density at radius 2 is 1.56 bits per heavy atom. The van der Waals surface area contributed by atoms with E-state index in [-0.39, 0.29) is 18.6 Å². The van der Waals surface area contributed by atoms with Gasteiger partial charge in [0.2, 0.25) is 12.7 Å². The lowest BCUT2D eigenvalue weighted by Crippen LogP contribution is -2.29. The highest BCUT2D eigenvalue weighted by Crippen LogP contribution is 2.38. The van der Waals surface area contributed by atoms with Gasteiger partial charge in [-0.3, -0.25) is 9.59 Å². The maximum absolute atomic E-state index is 13.0.